The van der Waals surface area contributed by atoms with E-state index in [1.165, 1.54) is 11.3 Å². The van der Waals surface area contributed by atoms with Gasteiger partial charge in [0.15, 0.2) is 5.43 Å². The van der Waals surface area contributed by atoms with E-state index in [1.54, 1.807) is 18.2 Å². The molecule has 5 heteroatoms. The molecule has 0 aliphatic heterocycles. The molecule has 0 spiro atoms. The van der Waals surface area contributed by atoms with E-state index in [9.17, 15) is 9.59 Å². The summed E-state index contributed by atoms with van der Waals surface area (Å²) in [6.07, 6.45) is 0. The van der Waals surface area contributed by atoms with Crippen LogP contribution in [0, 0.1) is 0 Å². The van der Waals surface area contributed by atoms with Gasteiger partial charge in [-0.05, 0) is 41.3 Å². The number of hydrogen-bond acceptors (Lipinski definition) is 5. The molecule has 0 aliphatic carbocycles. The lowest BCUT2D eigenvalue weighted by Crippen LogP contribution is -2.12. The first kappa shape index (κ1) is 17.6. The Hall–Kier alpha value is -2.24. The maximum atomic E-state index is 12.9. The number of carbonyl (C=O) groups is 1. The number of aliphatic hydroxyl groups excluding tert-OH is 1. The van der Waals surface area contributed by atoms with E-state index in [1.807, 2.05) is 18.2 Å². The van der Waals surface area contributed by atoms with Crippen molar-refractivity contribution in [2.75, 3.05) is 13.2 Å². The summed E-state index contributed by atoms with van der Waals surface area (Å²) in [7, 11) is 0. The van der Waals surface area contributed by atoms with Gasteiger partial charge in [-0.2, -0.15) is 0 Å². The highest BCUT2D eigenvalue weighted by molar-refractivity contribution is 7.24. The molecule has 130 valence electrons. The summed E-state index contributed by atoms with van der Waals surface area (Å²) >= 11 is 1.48. The summed E-state index contributed by atoms with van der Waals surface area (Å²) < 4.78 is 6.58. The van der Waals surface area contributed by atoms with E-state index in [0.717, 1.165) is 15.0 Å². The summed E-state index contributed by atoms with van der Waals surface area (Å²) in [4.78, 5) is 24.8. The second-order valence-electron chi connectivity index (χ2n) is 6.96. The van der Waals surface area contributed by atoms with Crippen LogP contribution in [0.3, 0.4) is 0 Å². The van der Waals surface area contributed by atoms with Gasteiger partial charge in [-0.1, -0.05) is 26.8 Å². The molecular formula is C20H20O4S. The molecule has 0 saturated heterocycles. The number of fused-ring (bicyclic) bond motifs is 2. The van der Waals surface area contributed by atoms with Gasteiger partial charge in [0, 0.05) is 20.2 Å². The fourth-order valence-corrected chi connectivity index (χ4v) is 3.76. The Labute approximate surface area is 149 Å². The van der Waals surface area contributed by atoms with Gasteiger partial charge in [-0.25, -0.2) is 4.79 Å². The van der Waals surface area contributed by atoms with Crippen molar-refractivity contribution in [1.29, 1.82) is 0 Å². The first-order chi connectivity index (χ1) is 11.8. The van der Waals surface area contributed by atoms with Crippen molar-refractivity contribution in [3.05, 3.63) is 57.7 Å². The second kappa shape index (κ2) is 6.58. The molecule has 2 aromatic carbocycles. The Morgan fingerprint density at radius 1 is 1.08 bits per heavy atom. The van der Waals surface area contributed by atoms with Crippen LogP contribution in [0.2, 0.25) is 0 Å². The van der Waals surface area contributed by atoms with E-state index >= 15 is 0 Å². The Morgan fingerprint density at radius 2 is 1.84 bits per heavy atom. The van der Waals surface area contributed by atoms with Crippen LogP contribution in [0.15, 0.2) is 41.2 Å². The molecule has 1 aromatic heterocycles. The molecule has 0 fully saturated rings. The molecule has 4 nitrogen and oxygen atoms in total. The van der Waals surface area contributed by atoms with Crippen LogP contribution in [0.1, 0.15) is 36.7 Å². The predicted molar refractivity (Wildman–Crippen MR) is 102 cm³/mol. The molecular weight excluding hydrogens is 336 g/mol. The number of ether oxygens (including phenoxy) is 1. The van der Waals surface area contributed by atoms with E-state index in [0.29, 0.717) is 16.3 Å². The van der Waals surface area contributed by atoms with Gasteiger partial charge in [0.05, 0.1) is 12.2 Å². The van der Waals surface area contributed by atoms with Gasteiger partial charge in [0.1, 0.15) is 6.61 Å². The average molecular weight is 356 g/mol. The summed E-state index contributed by atoms with van der Waals surface area (Å²) in [5.74, 6) is -0.501. The van der Waals surface area contributed by atoms with Gasteiger partial charge in [-0.3, -0.25) is 4.79 Å². The Bertz CT molecular complexity index is 1010. The quantitative estimate of drug-likeness (QED) is 0.572. The molecule has 0 saturated carbocycles. The van der Waals surface area contributed by atoms with Crippen LogP contribution < -0.4 is 5.43 Å². The van der Waals surface area contributed by atoms with Crippen molar-refractivity contribution >= 4 is 37.5 Å². The molecule has 1 heterocycles. The first-order valence-electron chi connectivity index (χ1n) is 8.10. The normalized spacial score (nSPS) is 11.8. The number of rotatable bonds is 3. The number of aliphatic hydroxyl groups is 1. The highest BCUT2D eigenvalue weighted by atomic mass is 32.1. The largest absolute Gasteiger partial charge is 0.460 e. The molecule has 0 radical (unpaired) electrons. The lowest BCUT2D eigenvalue weighted by atomic mass is 9.86. The third-order valence-corrected chi connectivity index (χ3v) is 5.23. The molecule has 0 atom stereocenters. The van der Waals surface area contributed by atoms with Crippen molar-refractivity contribution in [3.63, 3.8) is 0 Å². The lowest BCUT2D eigenvalue weighted by molar-refractivity contribution is 0.0434. The van der Waals surface area contributed by atoms with Crippen molar-refractivity contribution in [2.24, 2.45) is 0 Å². The number of carbonyl (C=O) groups excluding carboxylic acids is 1. The zero-order chi connectivity index (χ0) is 18.2. The Kier molecular flexibility index (Phi) is 4.62. The third kappa shape index (κ3) is 3.43. The Morgan fingerprint density at radius 3 is 2.52 bits per heavy atom. The fourth-order valence-electron chi connectivity index (χ4n) is 2.67. The van der Waals surface area contributed by atoms with Crippen molar-refractivity contribution in [3.8, 4) is 0 Å². The van der Waals surface area contributed by atoms with Gasteiger partial charge in [0.25, 0.3) is 0 Å². The standard InChI is InChI=1S/C20H20O4S/c1-20(2,3)13-5-7-16-15(11-13)18(22)14-6-4-12(10-17(14)25-16)19(23)24-9-8-21/h4-7,10-11,21H,8-9H2,1-3H3. The summed E-state index contributed by atoms with van der Waals surface area (Å²) in [5.41, 5.74) is 1.45. The van der Waals surface area contributed by atoms with E-state index < -0.39 is 5.97 Å². The van der Waals surface area contributed by atoms with Crippen molar-refractivity contribution in [2.45, 2.75) is 26.2 Å². The summed E-state index contributed by atoms with van der Waals surface area (Å²) in [6.45, 7) is 6.10. The predicted octanol–water partition coefficient (Wildman–Crippen LogP) is 3.86. The van der Waals surface area contributed by atoms with Crippen molar-refractivity contribution < 1.29 is 14.6 Å². The minimum absolute atomic E-state index is 0.0230. The third-order valence-electron chi connectivity index (χ3n) is 4.10. The van der Waals surface area contributed by atoms with Gasteiger partial charge in [-0.15, -0.1) is 11.3 Å². The molecule has 3 aromatic rings. The molecule has 0 aliphatic rings. The number of benzene rings is 2. The molecule has 1 N–H and O–H groups in total. The number of hydrogen-bond donors (Lipinski definition) is 1. The zero-order valence-corrected chi connectivity index (χ0v) is 15.3. The summed E-state index contributed by atoms with van der Waals surface area (Å²) in [6, 6.07) is 10.9. The monoisotopic (exact) mass is 356 g/mol. The van der Waals surface area contributed by atoms with Crippen LogP contribution in [0.25, 0.3) is 20.2 Å². The molecule has 25 heavy (non-hydrogen) atoms. The van der Waals surface area contributed by atoms with Crippen LogP contribution in [0.4, 0.5) is 0 Å². The van der Waals surface area contributed by atoms with Crippen LogP contribution >= 0.6 is 11.3 Å². The summed E-state index contributed by atoms with van der Waals surface area (Å²) in [5, 5.41) is 10.1. The topological polar surface area (TPSA) is 63.6 Å². The van der Waals surface area contributed by atoms with Gasteiger partial charge < -0.3 is 9.84 Å². The highest BCUT2D eigenvalue weighted by Crippen LogP contribution is 2.30. The molecule has 0 unspecified atom stereocenters. The lowest BCUT2D eigenvalue weighted by Gasteiger charge is -2.19. The van der Waals surface area contributed by atoms with Crippen LogP contribution in [-0.2, 0) is 10.2 Å². The first-order valence-corrected chi connectivity index (χ1v) is 8.92. The molecule has 0 amide bonds. The van der Waals surface area contributed by atoms with Crippen molar-refractivity contribution in [1.82, 2.24) is 0 Å². The zero-order valence-electron chi connectivity index (χ0n) is 14.5. The second-order valence-corrected chi connectivity index (χ2v) is 8.05. The van der Waals surface area contributed by atoms with Crippen LogP contribution in [-0.4, -0.2) is 24.3 Å². The maximum absolute atomic E-state index is 12.9. The molecule has 0 bridgehead atoms. The van der Waals surface area contributed by atoms with E-state index in [-0.39, 0.29) is 24.1 Å². The van der Waals surface area contributed by atoms with E-state index in [4.69, 9.17) is 9.84 Å². The highest BCUT2D eigenvalue weighted by Gasteiger charge is 2.16. The fraction of sp³-hybridized carbons (Fsp3) is 0.300. The minimum Gasteiger partial charge on any atom is -0.460 e. The smallest absolute Gasteiger partial charge is 0.338 e. The van der Waals surface area contributed by atoms with Crippen LogP contribution in [0.5, 0.6) is 0 Å². The van der Waals surface area contributed by atoms with Gasteiger partial charge >= 0.3 is 5.97 Å². The van der Waals surface area contributed by atoms with Gasteiger partial charge in [0.2, 0.25) is 0 Å². The average Bonchev–Trinajstić information content (AvgIpc) is 2.58. The maximum Gasteiger partial charge on any atom is 0.338 e. The minimum atomic E-state index is -0.501. The van der Waals surface area contributed by atoms with E-state index in [2.05, 4.69) is 20.8 Å². The number of esters is 1. The molecule has 3 rings (SSSR count). The SMILES string of the molecule is CC(C)(C)c1ccc2sc3cc(C(=O)OCCO)ccc3c(=O)c2c1. The Balaban J connectivity index is 2.15.